The Morgan fingerprint density at radius 2 is 1.91 bits per heavy atom. The number of alkyl halides is 2. The molecule has 2 aromatic heterocycles. The summed E-state index contributed by atoms with van der Waals surface area (Å²) in [4.78, 5) is 30.4. The van der Waals surface area contributed by atoms with Gasteiger partial charge in [-0.1, -0.05) is 6.58 Å². The molecule has 3 atom stereocenters. The van der Waals surface area contributed by atoms with E-state index >= 15 is 0 Å². The Kier molecular flexibility index (Phi) is 7.14. The minimum absolute atomic E-state index is 0.0148. The zero-order valence-electron chi connectivity index (χ0n) is 26.0. The van der Waals surface area contributed by atoms with Crippen molar-refractivity contribution in [1.29, 1.82) is 0 Å². The lowest BCUT2D eigenvalue weighted by molar-refractivity contribution is -0.154. The minimum Gasteiger partial charge on any atom is -0.378 e. The van der Waals surface area contributed by atoms with Crippen molar-refractivity contribution in [3.05, 3.63) is 59.1 Å². The number of piperidine rings is 1. The maximum Gasteiger partial charge on any atom is 0.280 e. The molecule has 2 aromatic rings. The number of amides is 1. The molecule has 8 rings (SSSR count). The molecule has 240 valence electrons. The van der Waals surface area contributed by atoms with Crippen molar-refractivity contribution in [2.45, 2.75) is 75.2 Å². The van der Waals surface area contributed by atoms with Gasteiger partial charge in [0, 0.05) is 100 Å². The normalized spacial score (nSPS) is 29.0. The van der Waals surface area contributed by atoms with Crippen LogP contribution in [0.4, 0.5) is 20.3 Å². The van der Waals surface area contributed by atoms with Crippen LogP contribution < -0.4 is 9.80 Å². The molecule has 1 amide bonds. The predicted octanol–water partition coefficient (Wildman–Crippen LogP) is 4.09. The summed E-state index contributed by atoms with van der Waals surface area (Å²) in [6.45, 7) is 12.1. The van der Waals surface area contributed by atoms with Gasteiger partial charge in [-0.05, 0) is 56.7 Å². The summed E-state index contributed by atoms with van der Waals surface area (Å²) in [6, 6.07) is 4.78. The molecule has 2 unspecified atom stereocenters. The number of aryl methyl sites for hydroxylation is 1. The third-order valence-electron chi connectivity index (χ3n) is 11.4. The Balaban J connectivity index is 1.03. The molecule has 0 aromatic carbocycles. The molecule has 0 radical (unpaired) electrons. The van der Waals surface area contributed by atoms with E-state index in [1.165, 1.54) is 17.2 Å². The minimum atomic E-state index is -2.63. The number of pyridine rings is 2. The first kappa shape index (κ1) is 29.3. The van der Waals surface area contributed by atoms with Crippen LogP contribution in [0.2, 0.25) is 0 Å². The Bertz CT molecular complexity index is 1500. The van der Waals surface area contributed by atoms with E-state index < -0.39 is 17.6 Å². The van der Waals surface area contributed by atoms with Gasteiger partial charge in [-0.2, -0.15) is 0 Å². The van der Waals surface area contributed by atoms with Gasteiger partial charge >= 0.3 is 0 Å². The first-order valence-corrected chi connectivity index (χ1v) is 16.6. The number of hydrogen-bond donors (Lipinski definition) is 0. The van der Waals surface area contributed by atoms with Gasteiger partial charge in [-0.15, -0.1) is 0 Å². The zero-order chi connectivity index (χ0) is 30.9. The predicted molar refractivity (Wildman–Crippen MR) is 166 cm³/mol. The number of piperazine rings is 1. The third kappa shape index (κ3) is 4.59. The third-order valence-corrected chi connectivity index (χ3v) is 11.4. The van der Waals surface area contributed by atoms with Gasteiger partial charge in [0.2, 0.25) is 5.91 Å². The molecule has 45 heavy (non-hydrogen) atoms. The molecule has 4 saturated heterocycles. The fourth-order valence-electron chi connectivity index (χ4n) is 9.04. The van der Waals surface area contributed by atoms with Crippen molar-refractivity contribution < 1.29 is 23.0 Å². The van der Waals surface area contributed by atoms with E-state index in [1.54, 1.807) is 0 Å². The van der Waals surface area contributed by atoms with Crippen LogP contribution in [-0.2, 0) is 31.9 Å². The van der Waals surface area contributed by atoms with E-state index in [-0.39, 0.29) is 17.6 Å². The highest BCUT2D eigenvalue weighted by Crippen LogP contribution is 2.55. The van der Waals surface area contributed by atoms with Gasteiger partial charge in [-0.3, -0.25) is 14.7 Å². The summed E-state index contributed by atoms with van der Waals surface area (Å²) >= 11 is 0. The monoisotopic (exact) mass is 620 g/mol. The fraction of sp³-hybridized carbons (Fsp3) is 0.618. The molecule has 4 fully saturated rings. The average molecular weight is 621 g/mol. The molecule has 2 spiro atoms. The second-order valence-electron chi connectivity index (χ2n) is 13.6. The summed E-state index contributed by atoms with van der Waals surface area (Å²) in [6.07, 6.45) is 5.36. The molecule has 0 N–H and O–H groups in total. The zero-order valence-corrected chi connectivity index (χ0v) is 26.0. The lowest BCUT2D eigenvalue weighted by Gasteiger charge is -2.55. The lowest BCUT2D eigenvalue weighted by atomic mass is 9.81. The van der Waals surface area contributed by atoms with Gasteiger partial charge in [0.25, 0.3) is 6.43 Å². The second-order valence-corrected chi connectivity index (χ2v) is 13.6. The molecular weight excluding hydrogens is 578 g/mol. The van der Waals surface area contributed by atoms with Gasteiger partial charge < -0.3 is 24.2 Å². The Labute approximate surface area is 263 Å². The summed E-state index contributed by atoms with van der Waals surface area (Å²) in [7, 11) is 0. The first-order valence-electron chi connectivity index (χ1n) is 16.6. The van der Waals surface area contributed by atoms with Gasteiger partial charge in [0.15, 0.2) is 0 Å². The fourth-order valence-corrected chi connectivity index (χ4v) is 9.04. The number of aromatic nitrogens is 2. The number of nitrogens with zero attached hydrogens (tertiary/aromatic N) is 6. The van der Waals surface area contributed by atoms with Crippen LogP contribution in [0.1, 0.15) is 66.6 Å². The van der Waals surface area contributed by atoms with Crippen molar-refractivity contribution in [1.82, 2.24) is 19.8 Å². The number of rotatable bonds is 4. The van der Waals surface area contributed by atoms with E-state index in [0.717, 1.165) is 63.1 Å². The molecule has 0 aliphatic carbocycles. The van der Waals surface area contributed by atoms with Crippen molar-refractivity contribution in [2.24, 2.45) is 0 Å². The van der Waals surface area contributed by atoms with Crippen LogP contribution in [0.5, 0.6) is 0 Å². The maximum absolute atomic E-state index is 14.6. The van der Waals surface area contributed by atoms with E-state index in [4.69, 9.17) is 14.5 Å². The quantitative estimate of drug-likeness (QED) is 0.474. The number of carbonyl (C=O) groups excluding carboxylic acids is 1. The smallest absolute Gasteiger partial charge is 0.280 e. The Morgan fingerprint density at radius 1 is 1.11 bits per heavy atom. The standard InChI is InChI=1S/C34H42F2N6O3/c1-3-28(43)41-16-14-39(15-17-41)26-20-42-24(26)6-4-5-23-25(42)19-27(38-30(23)32(35)36)40-12-8-33(9-13-40)29-22(2)7-11-37-31(29)34(45-33)10-18-44-21-34/h3,7,11,19,24,26,32H,1,4-6,8-10,12-18,20-21H2,2H3/t24?,26?,34-/m1/s1. The summed E-state index contributed by atoms with van der Waals surface area (Å²) in [5.74, 6) is 0.624. The van der Waals surface area contributed by atoms with Crippen molar-refractivity contribution in [2.75, 3.05) is 68.8 Å². The molecular formula is C34H42F2N6O3. The van der Waals surface area contributed by atoms with Crippen molar-refractivity contribution in [3.63, 3.8) is 0 Å². The van der Waals surface area contributed by atoms with Crippen LogP contribution in [0.25, 0.3) is 0 Å². The number of halogens is 2. The maximum atomic E-state index is 14.6. The SMILES string of the molecule is C=CC(=O)N1CCN(C2CN3c4cc(N5CCC6(CC5)O[C@@]5(CCOC5)c5nccc(C)c56)nc(C(F)F)c4CCCC23)CC1. The van der Waals surface area contributed by atoms with E-state index in [0.29, 0.717) is 63.2 Å². The van der Waals surface area contributed by atoms with E-state index in [2.05, 4.69) is 45.3 Å². The number of hydrogen-bond acceptors (Lipinski definition) is 8. The lowest BCUT2D eigenvalue weighted by Crippen LogP contribution is -2.69. The van der Waals surface area contributed by atoms with Crippen LogP contribution in [0, 0.1) is 6.92 Å². The highest BCUT2D eigenvalue weighted by molar-refractivity contribution is 5.87. The largest absolute Gasteiger partial charge is 0.378 e. The van der Waals surface area contributed by atoms with Crippen LogP contribution >= 0.6 is 0 Å². The van der Waals surface area contributed by atoms with Crippen LogP contribution in [0.3, 0.4) is 0 Å². The highest BCUT2D eigenvalue weighted by atomic mass is 19.3. The van der Waals surface area contributed by atoms with Crippen LogP contribution in [-0.4, -0.2) is 96.8 Å². The van der Waals surface area contributed by atoms with Crippen LogP contribution in [0.15, 0.2) is 31.0 Å². The molecule has 6 aliphatic rings. The summed E-state index contributed by atoms with van der Waals surface area (Å²) < 4.78 is 42.0. The van der Waals surface area contributed by atoms with E-state index in [1.807, 2.05) is 11.1 Å². The molecule has 11 heteroatoms. The molecule has 0 saturated carbocycles. The number of ether oxygens (including phenoxy) is 2. The number of fused-ring (bicyclic) bond motifs is 6. The number of anilines is 2. The first-order chi connectivity index (χ1) is 21.8. The van der Waals surface area contributed by atoms with Gasteiger partial charge in [-0.25, -0.2) is 13.8 Å². The molecule has 9 nitrogen and oxygen atoms in total. The summed E-state index contributed by atoms with van der Waals surface area (Å²) in [5, 5.41) is 0. The average Bonchev–Trinajstić information content (AvgIpc) is 3.58. The van der Waals surface area contributed by atoms with Gasteiger partial charge in [0.1, 0.15) is 17.1 Å². The molecule has 8 heterocycles. The van der Waals surface area contributed by atoms with E-state index in [9.17, 15) is 13.6 Å². The van der Waals surface area contributed by atoms with Crippen molar-refractivity contribution in [3.8, 4) is 0 Å². The topological polar surface area (TPSA) is 74.3 Å². The second kappa shape index (κ2) is 11.0. The Morgan fingerprint density at radius 3 is 2.62 bits per heavy atom. The molecule has 0 bridgehead atoms. The Hall–Kier alpha value is -3.15. The highest BCUT2D eigenvalue weighted by Gasteiger charge is 2.57. The van der Waals surface area contributed by atoms with Gasteiger partial charge in [0.05, 0.1) is 17.9 Å². The molecule has 6 aliphatic heterocycles. The summed E-state index contributed by atoms with van der Waals surface area (Å²) in [5.41, 5.74) is 4.03. The van der Waals surface area contributed by atoms with Crippen molar-refractivity contribution >= 4 is 17.4 Å². The number of carbonyl (C=O) groups is 1.